The zero-order valence-corrected chi connectivity index (χ0v) is 32.2. The highest BCUT2D eigenvalue weighted by atomic mass is 32.2. The molecular weight excluding hydrogens is 703 g/mol. The molecule has 1 aromatic rings. The molecule has 6 rings (SSSR count). The monoisotopic (exact) mass is 757 g/mol. The summed E-state index contributed by atoms with van der Waals surface area (Å²) < 4.78 is 39.7. The molecule has 3 aliphatic heterocycles. The molecule has 0 spiro atoms. The van der Waals surface area contributed by atoms with Gasteiger partial charge in [0.05, 0.1) is 11.3 Å². The second-order valence-corrected chi connectivity index (χ2v) is 18.7. The van der Waals surface area contributed by atoms with Crippen molar-refractivity contribution in [2.45, 2.75) is 158 Å². The minimum Gasteiger partial charge on any atom is -0.444 e. The van der Waals surface area contributed by atoms with Crippen molar-refractivity contribution in [3.05, 3.63) is 35.4 Å². The van der Waals surface area contributed by atoms with Crippen molar-refractivity contribution in [1.29, 1.82) is 0 Å². The normalized spacial score (nSPS) is 28.6. The number of ether oxygens (including phenoxy) is 2. The van der Waals surface area contributed by atoms with E-state index in [4.69, 9.17) is 9.47 Å². The van der Waals surface area contributed by atoms with Crippen LogP contribution in [0, 0.1) is 5.92 Å². The molecule has 5 atom stereocenters. The quantitative estimate of drug-likeness (QED) is 0.364. The van der Waals surface area contributed by atoms with Crippen LogP contribution in [0.25, 0.3) is 0 Å². The maximum absolute atomic E-state index is 14.4. The lowest BCUT2D eigenvalue weighted by molar-refractivity contribution is -0.141. The minimum absolute atomic E-state index is 0.0382. The van der Waals surface area contributed by atoms with E-state index < -0.39 is 74.0 Å². The molecule has 15 heteroatoms. The summed E-state index contributed by atoms with van der Waals surface area (Å²) in [5.41, 5.74) is -0.232. The Bertz CT molecular complexity index is 1680. The van der Waals surface area contributed by atoms with E-state index in [9.17, 15) is 32.4 Å². The van der Waals surface area contributed by atoms with E-state index in [-0.39, 0.29) is 25.3 Å². The van der Waals surface area contributed by atoms with E-state index in [1.54, 1.807) is 25.7 Å². The average molecular weight is 758 g/mol. The van der Waals surface area contributed by atoms with Crippen molar-refractivity contribution in [3.8, 4) is 0 Å². The van der Waals surface area contributed by atoms with Gasteiger partial charge in [-0.3, -0.25) is 24.0 Å². The second kappa shape index (κ2) is 15.1. The smallest absolute Gasteiger partial charge is 0.410 e. The highest BCUT2D eigenvalue weighted by Crippen LogP contribution is 2.50. The van der Waals surface area contributed by atoms with Crippen LogP contribution < -0.4 is 15.4 Å². The molecule has 2 saturated heterocycles. The van der Waals surface area contributed by atoms with E-state index in [0.717, 1.165) is 36.8 Å². The van der Waals surface area contributed by atoms with Gasteiger partial charge in [0.1, 0.15) is 29.3 Å². The minimum atomic E-state index is -3.99. The third-order valence-corrected chi connectivity index (χ3v) is 13.6. The maximum Gasteiger partial charge on any atom is 0.410 e. The number of rotatable bonds is 7. The largest absolute Gasteiger partial charge is 0.444 e. The van der Waals surface area contributed by atoms with Crippen molar-refractivity contribution < 1.29 is 41.9 Å². The zero-order valence-electron chi connectivity index (χ0n) is 31.4. The van der Waals surface area contributed by atoms with Gasteiger partial charge in [-0.25, -0.2) is 18.0 Å². The zero-order chi connectivity index (χ0) is 38.2. The summed E-state index contributed by atoms with van der Waals surface area (Å²) in [5, 5.41) is 5.63. The molecular formula is C38H55N5O9S. The first-order chi connectivity index (χ1) is 25.1. The molecule has 5 aliphatic rings. The van der Waals surface area contributed by atoms with Crippen LogP contribution in [-0.4, -0.2) is 88.7 Å². The SMILES string of the molecule is CCCC1(S(=O)(=O)NC(=O)[C@@]23C[C@H]2CCCCCCC[C@H](NC(=O)OC(C)(C)C)C(=O)N2C[C@H](OC(=O)N4Cc5ccccc5C4)C[C@H]2C(=O)N3)CC1. The number of fused-ring (bicyclic) bond motifs is 3. The van der Waals surface area contributed by atoms with Crippen molar-refractivity contribution in [2.75, 3.05) is 6.54 Å². The van der Waals surface area contributed by atoms with Crippen LogP contribution in [0.5, 0.6) is 0 Å². The average Bonchev–Trinajstić information content (AvgIpc) is 3.91. The van der Waals surface area contributed by atoms with Gasteiger partial charge >= 0.3 is 12.2 Å². The molecule has 5 amide bonds. The summed E-state index contributed by atoms with van der Waals surface area (Å²) in [5.74, 6) is -2.19. The van der Waals surface area contributed by atoms with Gasteiger partial charge in [-0.2, -0.15) is 0 Å². The molecule has 4 fully saturated rings. The molecule has 3 N–H and O–H groups in total. The van der Waals surface area contributed by atoms with Gasteiger partial charge in [0, 0.05) is 19.5 Å². The number of amides is 5. The van der Waals surface area contributed by atoms with Crippen LogP contribution in [0.1, 0.15) is 122 Å². The Labute approximate surface area is 312 Å². The molecule has 0 bridgehead atoms. The summed E-state index contributed by atoms with van der Waals surface area (Å²) in [4.78, 5) is 72.0. The first kappa shape index (κ1) is 38.8. The van der Waals surface area contributed by atoms with Gasteiger partial charge in [0.15, 0.2) is 0 Å². The predicted octanol–water partition coefficient (Wildman–Crippen LogP) is 4.40. The Morgan fingerprint density at radius 3 is 2.25 bits per heavy atom. The van der Waals surface area contributed by atoms with Crippen LogP contribution in [0.2, 0.25) is 0 Å². The van der Waals surface area contributed by atoms with Crippen molar-refractivity contribution in [2.24, 2.45) is 5.92 Å². The molecule has 2 saturated carbocycles. The number of hydrogen-bond acceptors (Lipinski definition) is 9. The van der Waals surface area contributed by atoms with E-state index in [1.807, 2.05) is 31.2 Å². The van der Waals surface area contributed by atoms with E-state index >= 15 is 0 Å². The molecule has 1 aromatic carbocycles. The van der Waals surface area contributed by atoms with E-state index in [0.29, 0.717) is 58.0 Å². The van der Waals surface area contributed by atoms with Gasteiger partial charge in [-0.15, -0.1) is 0 Å². The standard InChI is InChI=1S/C38H55N5O9S/c1-5-17-37(18-19-37)53(49,50)41-33(46)38-21-27(38)15-9-7-6-8-10-16-29(39-34(47)52-36(2,3)4)32(45)43-24-28(20-30(43)31(44)40-38)51-35(48)42-22-25-13-11-12-14-26(25)23-42/h11-14,27-30H,5-10,15-24H2,1-4H3,(H,39,47)(H,40,44)(H,41,46)/t27-,28-,29+,30+,38-/m1/s1. The summed E-state index contributed by atoms with van der Waals surface area (Å²) in [6, 6.07) is 5.55. The lowest BCUT2D eigenvalue weighted by Crippen LogP contribution is -2.59. The fourth-order valence-corrected chi connectivity index (χ4v) is 10.0. The first-order valence-corrected chi connectivity index (χ1v) is 20.8. The molecule has 0 unspecified atom stereocenters. The van der Waals surface area contributed by atoms with Gasteiger partial charge in [-0.1, -0.05) is 69.7 Å². The number of nitrogens with one attached hydrogen (secondary N) is 3. The molecule has 3 heterocycles. The van der Waals surface area contributed by atoms with Gasteiger partial charge in [0.2, 0.25) is 21.8 Å². The number of hydrogen-bond donors (Lipinski definition) is 3. The van der Waals surface area contributed by atoms with Crippen molar-refractivity contribution in [1.82, 2.24) is 25.2 Å². The highest BCUT2D eigenvalue weighted by molar-refractivity contribution is 7.91. The van der Waals surface area contributed by atoms with Crippen LogP contribution in [-0.2, 0) is 47.0 Å². The fourth-order valence-electron chi connectivity index (χ4n) is 8.27. The molecule has 53 heavy (non-hydrogen) atoms. The number of alkyl carbamates (subject to hydrolysis) is 1. The Balaban J connectivity index is 1.25. The van der Waals surface area contributed by atoms with Gasteiger partial charge in [0.25, 0.3) is 5.91 Å². The van der Waals surface area contributed by atoms with Gasteiger partial charge in [-0.05, 0) is 76.3 Å². The number of carbonyl (C=O) groups excluding carboxylic acids is 5. The number of carbonyl (C=O) groups is 5. The van der Waals surface area contributed by atoms with Crippen LogP contribution in [0.15, 0.2) is 24.3 Å². The third-order valence-electron chi connectivity index (χ3n) is 11.4. The topological polar surface area (TPSA) is 181 Å². The van der Waals surface area contributed by atoms with Crippen LogP contribution in [0.3, 0.4) is 0 Å². The Hall–Kier alpha value is -3.88. The number of benzene rings is 1. The van der Waals surface area contributed by atoms with Crippen LogP contribution >= 0.6 is 0 Å². The van der Waals surface area contributed by atoms with Crippen molar-refractivity contribution in [3.63, 3.8) is 0 Å². The summed E-state index contributed by atoms with van der Waals surface area (Å²) >= 11 is 0. The maximum atomic E-state index is 14.4. The van der Waals surface area contributed by atoms with Crippen LogP contribution in [0.4, 0.5) is 9.59 Å². The number of nitrogens with zero attached hydrogens (tertiary/aromatic N) is 2. The van der Waals surface area contributed by atoms with E-state index in [1.165, 1.54) is 4.90 Å². The molecule has 0 radical (unpaired) electrons. The van der Waals surface area contributed by atoms with E-state index in [2.05, 4.69) is 15.4 Å². The predicted molar refractivity (Wildman–Crippen MR) is 194 cm³/mol. The van der Waals surface area contributed by atoms with Crippen molar-refractivity contribution >= 4 is 39.9 Å². The fraction of sp³-hybridized carbons (Fsp3) is 0.711. The lowest BCUT2D eigenvalue weighted by atomic mass is 10.0. The summed E-state index contributed by atoms with van der Waals surface area (Å²) in [6.45, 7) is 7.71. The molecule has 14 nitrogen and oxygen atoms in total. The number of sulfonamides is 1. The Kier molecular flexibility index (Phi) is 11.1. The van der Waals surface area contributed by atoms with Gasteiger partial charge < -0.3 is 25.0 Å². The third kappa shape index (κ3) is 8.60. The summed E-state index contributed by atoms with van der Waals surface area (Å²) in [7, 11) is -3.99. The molecule has 2 aliphatic carbocycles. The first-order valence-electron chi connectivity index (χ1n) is 19.3. The molecule has 0 aromatic heterocycles. The Morgan fingerprint density at radius 2 is 1.62 bits per heavy atom. The molecule has 292 valence electrons. The lowest BCUT2D eigenvalue weighted by Gasteiger charge is -2.30. The highest BCUT2D eigenvalue weighted by Gasteiger charge is 2.64. The second-order valence-electron chi connectivity index (χ2n) is 16.6. The summed E-state index contributed by atoms with van der Waals surface area (Å²) in [6.07, 6.45) is 5.00. The Morgan fingerprint density at radius 1 is 0.981 bits per heavy atom.